The minimum absolute atomic E-state index is 0.0586. The zero-order valence-corrected chi connectivity index (χ0v) is 17.5. The van der Waals surface area contributed by atoms with Crippen molar-refractivity contribution >= 4 is 23.1 Å². The first kappa shape index (κ1) is 21.0. The number of anilines is 1. The molecule has 7 heteroatoms. The smallest absolute Gasteiger partial charge is 0.300 e. The number of amides is 1. The number of methoxy groups -OCH3 is 2. The number of Topliss-reactive ketones (excluding diaryl/α,β-unsaturated/α-hetero) is 1. The summed E-state index contributed by atoms with van der Waals surface area (Å²) in [6.07, 6.45) is 0. The molecule has 162 valence electrons. The van der Waals surface area contributed by atoms with Gasteiger partial charge in [0.1, 0.15) is 11.5 Å². The highest BCUT2D eigenvalue weighted by molar-refractivity contribution is 6.51. The van der Waals surface area contributed by atoms with Crippen LogP contribution in [0.4, 0.5) is 5.69 Å². The molecule has 1 fully saturated rings. The summed E-state index contributed by atoms with van der Waals surface area (Å²) in [4.78, 5) is 27.6. The van der Waals surface area contributed by atoms with Crippen molar-refractivity contribution in [3.8, 4) is 17.2 Å². The summed E-state index contributed by atoms with van der Waals surface area (Å²) in [5.41, 5.74) is 1.26. The molecule has 1 aliphatic heterocycles. The average Bonchev–Trinajstić information content (AvgIpc) is 3.10. The summed E-state index contributed by atoms with van der Waals surface area (Å²) < 4.78 is 10.5. The van der Waals surface area contributed by atoms with Gasteiger partial charge in [-0.2, -0.15) is 0 Å². The van der Waals surface area contributed by atoms with E-state index in [0.717, 1.165) is 0 Å². The molecule has 0 aromatic heterocycles. The van der Waals surface area contributed by atoms with Crippen LogP contribution in [0.15, 0.2) is 78.4 Å². The standard InChI is InChI=1S/C25H21NO6/c1-31-18-10-6-9-17(14-18)26-22(16-11-12-19(27)20(13-16)32-2)21(24(29)25(26)30)23(28)15-7-4-3-5-8-15/h3-14,22,27-28H,1-2H3/t22-/m0/s1. The van der Waals surface area contributed by atoms with Crippen molar-refractivity contribution in [3.63, 3.8) is 0 Å². The Balaban J connectivity index is 1.97. The Bertz CT molecular complexity index is 1220. The fourth-order valence-corrected chi connectivity index (χ4v) is 3.79. The van der Waals surface area contributed by atoms with Gasteiger partial charge in [-0.15, -0.1) is 0 Å². The van der Waals surface area contributed by atoms with Crippen molar-refractivity contribution in [1.82, 2.24) is 0 Å². The number of nitrogens with zero attached hydrogens (tertiary/aromatic N) is 1. The van der Waals surface area contributed by atoms with E-state index in [4.69, 9.17) is 9.47 Å². The predicted octanol–water partition coefficient (Wildman–Crippen LogP) is 4.04. The maximum atomic E-state index is 13.2. The second kappa shape index (κ2) is 8.47. The lowest BCUT2D eigenvalue weighted by Crippen LogP contribution is -2.29. The highest BCUT2D eigenvalue weighted by atomic mass is 16.5. The van der Waals surface area contributed by atoms with Crippen molar-refractivity contribution in [2.45, 2.75) is 6.04 Å². The van der Waals surface area contributed by atoms with Crippen LogP contribution in [0.1, 0.15) is 17.2 Å². The molecule has 0 bridgehead atoms. The quantitative estimate of drug-likeness (QED) is 0.360. The molecule has 1 aliphatic rings. The van der Waals surface area contributed by atoms with Gasteiger partial charge in [-0.3, -0.25) is 14.5 Å². The fraction of sp³-hybridized carbons (Fsp3) is 0.120. The lowest BCUT2D eigenvalue weighted by molar-refractivity contribution is -0.132. The first-order valence-corrected chi connectivity index (χ1v) is 9.83. The lowest BCUT2D eigenvalue weighted by atomic mass is 9.95. The molecule has 1 amide bonds. The van der Waals surface area contributed by atoms with E-state index in [1.807, 2.05) is 0 Å². The number of carbonyl (C=O) groups excluding carboxylic acids is 2. The van der Waals surface area contributed by atoms with Gasteiger partial charge in [0.15, 0.2) is 11.5 Å². The molecule has 1 saturated heterocycles. The molecule has 3 aromatic rings. The number of hydrogen-bond donors (Lipinski definition) is 2. The van der Waals surface area contributed by atoms with E-state index < -0.39 is 17.7 Å². The molecule has 0 saturated carbocycles. The summed E-state index contributed by atoms with van der Waals surface area (Å²) in [5, 5.41) is 21.1. The topological polar surface area (TPSA) is 96.3 Å². The molecule has 0 radical (unpaired) electrons. The van der Waals surface area contributed by atoms with E-state index >= 15 is 0 Å². The Labute approximate surface area is 184 Å². The van der Waals surface area contributed by atoms with Gasteiger partial charge in [0, 0.05) is 17.3 Å². The van der Waals surface area contributed by atoms with Crippen LogP contribution in [0.25, 0.3) is 5.76 Å². The number of hydrogen-bond acceptors (Lipinski definition) is 6. The van der Waals surface area contributed by atoms with Crippen LogP contribution < -0.4 is 14.4 Å². The van der Waals surface area contributed by atoms with Crippen LogP contribution in [-0.4, -0.2) is 36.1 Å². The Hall–Kier alpha value is -4.26. The monoisotopic (exact) mass is 431 g/mol. The van der Waals surface area contributed by atoms with Gasteiger partial charge in [0.2, 0.25) is 0 Å². The summed E-state index contributed by atoms with van der Waals surface area (Å²) in [5.74, 6) is -1.28. The summed E-state index contributed by atoms with van der Waals surface area (Å²) in [6.45, 7) is 0. The van der Waals surface area contributed by atoms with Gasteiger partial charge < -0.3 is 19.7 Å². The van der Waals surface area contributed by atoms with Gasteiger partial charge in [0.05, 0.1) is 25.8 Å². The number of benzene rings is 3. The van der Waals surface area contributed by atoms with E-state index in [9.17, 15) is 19.8 Å². The second-order valence-electron chi connectivity index (χ2n) is 7.17. The number of rotatable bonds is 5. The van der Waals surface area contributed by atoms with Crippen LogP contribution in [0, 0.1) is 0 Å². The molecular formula is C25H21NO6. The Morgan fingerprint density at radius 1 is 0.906 bits per heavy atom. The summed E-state index contributed by atoms with van der Waals surface area (Å²) >= 11 is 0. The fourth-order valence-electron chi connectivity index (χ4n) is 3.79. The van der Waals surface area contributed by atoms with Gasteiger partial charge in [-0.05, 0) is 29.8 Å². The largest absolute Gasteiger partial charge is 0.507 e. The molecule has 1 atom stereocenters. The SMILES string of the molecule is COc1cccc(N2C(=O)C(=O)C(=C(O)c3ccccc3)[C@@H]2c2ccc(O)c(OC)c2)c1. The third-order valence-corrected chi connectivity index (χ3v) is 5.34. The third kappa shape index (κ3) is 3.54. The maximum Gasteiger partial charge on any atom is 0.300 e. The molecule has 7 nitrogen and oxygen atoms in total. The van der Waals surface area contributed by atoms with Crippen LogP contribution in [0.3, 0.4) is 0 Å². The van der Waals surface area contributed by atoms with Crippen molar-refractivity contribution < 1.29 is 29.3 Å². The number of phenolic OH excluding ortho intramolecular Hbond substituents is 1. The number of phenols is 1. The van der Waals surface area contributed by atoms with Crippen molar-refractivity contribution in [1.29, 1.82) is 0 Å². The van der Waals surface area contributed by atoms with Crippen LogP contribution in [0.5, 0.6) is 17.2 Å². The lowest BCUT2D eigenvalue weighted by Gasteiger charge is -2.26. The van der Waals surface area contributed by atoms with Crippen LogP contribution >= 0.6 is 0 Å². The van der Waals surface area contributed by atoms with Gasteiger partial charge in [-0.25, -0.2) is 0 Å². The van der Waals surface area contributed by atoms with Crippen LogP contribution in [0.2, 0.25) is 0 Å². The molecule has 4 rings (SSSR count). The Morgan fingerprint density at radius 2 is 1.66 bits per heavy atom. The molecular weight excluding hydrogens is 410 g/mol. The minimum atomic E-state index is -0.947. The van der Waals surface area contributed by atoms with E-state index in [1.54, 1.807) is 60.7 Å². The second-order valence-corrected chi connectivity index (χ2v) is 7.17. The van der Waals surface area contributed by atoms with Crippen molar-refractivity contribution in [2.75, 3.05) is 19.1 Å². The van der Waals surface area contributed by atoms with E-state index in [-0.39, 0.29) is 22.8 Å². The molecule has 32 heavy (non-hydrogen) atoms. The highest BCUT2D eigenvalue weighted by Crippen LogP contribution is 2.44. The molecule has 0 aliphatic carbocycles. The zero-order valence-electron chi connectivity index (χ0n) is 17.5. The molecule has 1 heterocycles. The summed E-state index contributed by atoms with van der Waals surface area (Å²) in [6, 6.07) is 18.9. The van der Waals surface area contributed by atoms with Gasteiger partial charge >= 0.3 is 0 Å². The van der Waals surface area contributed by atoms with E-state index in [2.05, 4.69) is 0 Å². The van der Waals surface area contributed by atoms with E-state index in [1.165, 1.54) is 31.3 Å². The maximum absolute atomic E-state index is 13.2. The van der Waals surface area contributed by atoms with Gasteiger partial charge in [-0.1, -0.05) is 42.5 Å². The number of ether oxygens (including phenoxy) is 2. The number of aliphatic hydroxyl groups excluding tert-OH is 1. The summed E-state index contributed by atoms with van der Waals surface area (Å²) in [7, 11) is 2.91. The molecule has 0 spiro atoms. The van der Waals surface area contributed by atoms with E-state index in [0.29, 0.717) is 22.6 Å². The first-order valence-electron chi connectivity index (χ1n) is 9.83. The number of aliphatic hydroxyl groups is 1. The van der Waals surface area contributed by atoms with Crippen molar-refractivity contribution in [3.05, 3.63) is 89.5 Å². The normalized spacial score (nSPS) is 17.4. The first-order chi connectivity index (χ1) is 15.5. The minimum Gasteiger partial charge on any atom is -0.507 e. The third-order valence-electron chi connectivity index (χ3n) is 5.34. The van der Waals surface area contributed by atoms with Gasteiger partial charge in [0.25, 0.3) is 11.7 Å². The Morgan fingerprint density at radius 3 is 2.34 bits per heavy atom. The number of ketones is 1. The molecule has 0 unspecified atom stereocenters. The van der Waals surface area contributed by atoms with Crippen LogP contribution in [-0.2, 0) is 9.59 Å². The predicted molar refractivity (Wildman–Crippen MR) is 119 cm³/mol. The van der Waals surface area contributed by atoms with Crippen molar-refractivity contribution in [2.24, 2.45) is 0 Å². The zero-order chi connectivity index (χ0) is 22.8. The Kier molecular flexibility index (Phi) is 5.55. The average molecular weight is 431 g/mol. The number of carbonyl (C=O) groups is 2. The molecule has 2 N–H and O–H groups in total. The highest BCUT2D eigenvalue weighted by Gasteiger charge is 2.47. The molecule has 3 aromatic carbocycles. The number of aromatic hydroxyl groups is 1.